The number of methoxy groups -OCH3 is 1. The predicted octanol–water partition coefficient (Wildman–Crippen LogP) is 2.61. The zero-order valence-electron chi connectivity index (χ0n) is 20.1. The number of halogens is 1. The highest BCUT2D eigenvalue weighted by atomic mass is 19.1. The molecule has 2 aliphatic heterocycles. The Bertz CT molecular complexity index is 1320. The molecular weight excluding hydrogens is 463 g/mol. The van der Waals surface area contributed by atoms with Gasteiger partial charge >= 0.3 is 6.03 Å². The maximum Gasteiger partial charge on any atom is 0.317 e. The Balaban J connectivity index is 1.26. The second kappa shape index (κ2) is 10.4. The van der Waals surface area contributed by atoms with Crippen molar-refractivity contribution < 1.29 is 18.7 Å². The molecule has 0 saturated carbocycles. The van der Waals surface area contributed by atoms with Crippen molar-refractivity contribution in [3.05, 3.63) is 54.1 Å². The predicted molar refractivity (Wildman–Crippen MR) is 135 cm³/mol. The van der Waals surface area contributed by atoms with Gasteiger partial charge in [0, 0.05) is 62.1 Å². The first-order valence-corrected chi connectivity index (χ1v) is 12.0. The summed E-state index contributed by atoms with van der Waals surface area (Å²) in [6.07, 6.45) is 4.44. The minimum absolute atomic E-state index is 0.0237. The van der Waals surface area contributed by atoms with Gasteiger partial charge in [0.2, 0.25) is 5.91 Å². The van der Waals surface area contributed by atoms with Gasteiger partial charge < -0.3 is 25.3 Å². The summed E-state index contributed by atoms with van der Waals surface area (Å²) in [6, 6.07) is 8.25. The molecule has 0 aliphatic carbocycles. The van der Waals surface area contributed by atoms with E-state index in [1.54, 1.807) is 24.3 Å². The molecule has 1 aromatic carbocycles. The molecule has 4 heterocycles. The summed E-state index contributed by atoms with van der Waals surface area (Å²) in [5.74, 6) is 0.283. The van der Waals surface area contributed by atoms with Crippen LogP contribution >= 0.6 is 0 Å². The Labute approximate surface area is 208 Å². The third kappa shape index (κ3) is 5.03. The van der Waals surface area contributed by atoms with Crippen molar-refractivity contribution in [1.82, 2.24) is 30.4 Å². The molecule has 5 rings (SSSR count). The summed E-state index contributed by atoms with van der Waals surface area (Å²) in [5, 5.41) is 6.63. The van der Waals surface area contributed by atoms with Gasteiger partial charge in [0.05, 0.1) is 13.7 Å². The summed E-state index contributed by atoms with van der Waals surface area (Å²) in [7, 11) is 1.57. The molecule has 1 fully saturated rings. The van der Waals surface area contributed by atoms with E-state index in [9.17, 15) is 14.0 Å². The van der Waals surface area contributed by atoms with E-state index in [1.807, 2.05) is 23.1 Å². The van der Waals surface area contributed by atoms with Crippen LogP contribution in [0.3, 0.4) is 0 Å². The first-order chi connectivity index (χ1) is 17.5. The number of carbonyl (C=O) groups is 2. The standard InChI is InChI=1S/C26H29FN6O3/c1-36-23-3-2-18(27)14-20(23)19-4-7-29-25-21(19)15-22(31-25)17-5-10-33(11-6-17)26(35)30-9-13-32-12-8-28-24(34)16-32/h2-5,7,14-15H,6,8-13,16H2,1H3,(H,28,34)(H,29,31)(H,30,35). The number of nitrogens with one attached hydrogen (secondary N) is 3. The molecule has 36 heavy (non-hydrogen) atoms. The largest absolute Gasteiger partial charge is 0.496 e. The lowest BCUT2D eigenvalue weighted by Crippen LogP contribution is -2.50. The van der Waals surface area contributed by atoms with Crippen LogP contribution in [0.2, 0.25) is 0 Å². The van der Waals surface area contributed by atoms with Crippen LogP contribution in [0.1, 0.15) is 12.1 Å². The van der Waals surface area contributed by atoms with Crippen LogP contribution < -0.4 is 15.4 Å². The summed E-state index contributed by atoms with van der Waals surface area (Å²) < 4.78 is 19.5. The monoisotopic (exact) mass is 492 g/mol. The maximum atomic E-state index is 14.0. The van der Waals surface area contributed by atoms with Crippen LogP contribution in [0, 0.1) is 5.82 Å². The SMILES string of the molecule is COc1ccc(F)cc1-c1ccnc2[nH]c(C3=CCN(C(=O)NCCN4CCNC(=O)C4)CC3)cc12. The van der Waals surface area contributed by atoms with Gasteiger partial charge in [-0.05, 0) is 47.9 Å². The Morgan fingerprint density at radius 2 is 2.11 bits per heavy atom. The highest BCUT2D eigenvalue weighted by Crippen LogP contribution is 2.36. The second-order valence-electron chi connectivity index (χ2n) is 8.93. The number of aromatic amines is 1. The number of benzene rings is 1. The van der Waals surface area contributed by atoms with E-state index in [2.05, 4.69) is 20.6 Å². The number of nitrogens with zero attached hydrogens (tertiary/aromatic N) is 3. The zero-order valence-corrected chi connectivity index (χ0v) is 20.1. The Kier molecular flexibility index (Phi) is 6.86. The fraction of sp³-hybridized carbons (Fsp3) is 0.346. The number of ether oxygens (including phenoxy) is 1. The van der Waals surface area contributed by atoms with Crippen LogP contribution in [-0.4, -0.2) is 84.6 Å². The lowest BCUT2D eigenvalue weighted by molar-refractivity contribution is -0.124. The van der Waals surface area contributed by atoms with Crippen molar-refractivity contribution in [3.63, 3.8) is 0 Å². The van der Waals surface area contributed by atoms with Crippen molar-refractivity contribution >= 4 is 28.5 Å². The summed E-state index contributed by atoms with van der Waals surface area (Å²) in [4.78, 5) is 35.7. The van der Waals surface area contributed by atoms with E-state index >= 15 is 0 Å². The van der Waals surface area contributed by atoms with Gasteiger partial charge in [-0.15, -0.1) is 0 Å². The normalized spacial score (nSPS) is 16.6. The molecule has 188 valence electrons. The van der Waals surface area contributed by atoms with Gasteiger partial charge in [-0.3, -0.25) is 9.69 Å². The van der Waals surface area contributed by atoms with Crippen LogP contribution in [0.5, 0.6) is 5.75 Å². The van der Waals surface area contributed by atoms with Crippen molar-refractivity contribution in [2.45, 2.75) is 6.42 Å². The van der Waals surface area contributed by atoms with E-state index in [0.29, 0.717) is 62.6 Å². The number of pyridine rings is 1. The molecule has 0 unspecified atom stereocenters. The van der Waals surface area contributed by atoms with E-state index in [4.69, 9.17) is 4.74 Å². The zero-order chi connectivity index (χ0) is 25.1. The van der Waals surface area contributed by atoms with E-state index in [1.165, 1.54) is 12.1 Å². The smallest absolute Gasteiger partial charge is 0.317 e. The van der Waals surface area contributed by atoms with Crippen molar-refractivity contribution in [3.8, 4) is 16.9 Å². The van der Waals surface area contributed by atoms with Gasteiger partial charge in [0.1, 0.15) is 17.2 Å². The molecule has 2 aromatic heterocycles. The lowest BCUT2D eigenvalue weighted by Gasteiger charge is -2.28. The molecule has 3 N–H and O–H groups in total. The number of hydrogen-bond donors (Lipinski definition) is 3. The quantitative estimate of drug-likeness (QED) is 0.491. The second-order valence-corrected chi connectivity index (χ2v) is 8.93. The van der Waals surface area contributed by atoms with Crippen molar-refractivity contribution in [2.24, 2.45) is 0 Å². The fourth-order valence-corrected chi connectivity index (χ4v) is 4.74. The molecule has 9 nitrogen and oxygen atoms in total. The Hall–Kier alpha value is -3.92. The number of H-pyrrole nitrogens is 1. The molecule has 0 spiro atoms. The number of rotatable bonds is 6. The fourth-order valence-electron chi connectivity index (χ4n) is 4.74. The van der Waals surface area contributed by atoms with E-state index in [-0.39, 0.29) is 17.8 Å². The van der Waals surface area contributed by atoms with Crippen molar-refractivity contribution in [1.29, 1.82) is 0 Å². The Morgan fingerprint density at radius 1 is 1.22 bits per heavy atom. The van der Waals surface area contributed by atoms with Crippen LogP contribution in [0.15, 0.2) is 42.6 Å². The van der Waals surface area contributed by atoms with E-state index < -0.39 is 0 Å². The number of hydrogen-bond acceptors (Lipinski definition) is 5. The number of piperazine rings is 1. The molecule has 0 atom stereocenters. The molecule has 3 amide bonds. The lowest BCUT2D eigenvalue weighted by atomic mass is 10.0. The number of aromatic nitrogens is 2. The molecule has 0 bridgehead atoms. The first kappa shape index (κ1) is 23.8. The van der Waals surface area contributed by atoms with Gasteiger partial charge in [-0.2, -0.15) is 0 Å². The third-order valence-electron chi connectivity index (χ3n) is 6.65. The minimum Gasteiger partial charge on any atom is -0.496 e. The number of fused-ring (bicyclic) bond motifs is 1. The summed E-state index contributed by atoms with van der Waals surface area (Å²) >= 11 is 0. The molecule has 2 aliphatic rings. The Morgan fingerprint density at radius 3 is 2.89 bits per heavy atom. The van der Waals surface area contributed by atoms with Gasteiger partial charge in [-0.1, -0.05) is 6.08 Å². The van der Waals surface area contributed by atoms with Crippen LogP contribution in [0.25, 0.3) is 27.7 Å². The topological polar surface area (TPSA) is 103 Å². The first-order valence-electron chi connectivity index (χ1n) is 12.0. The minimum atomic E-state index is -0.332. The highest BCUT2D eigenvalue weighted by molar-refractivity contribution is 5.96. The molecule has 1 saturated heterocycles. The maximum absolute atomic E-state index is 14.0. The van der Waals surface area contributed by atoms with Gasteiger partial charge in [0.25, 0.3) is 0 Å². The molecular formula is C26H29FN6O3. The number of carbonyl (C=O) groups excluding carboxylic acids is 2. The summed E-state index contributed by atoms with van der Waals surface area (Å²) in [6.45, 7) is 4.06. The molecule has 10 heteroatoms. The third-order valence-corrected chi connectivity index (χ3v) is 6.65. The van der Waals surface area contributed by atoms with Crippen LogP contribution in [0.4, 0.5) is 9.18 Å². The van der Waals surface area contributed by atoms with Gasteiger partial charge in [-0.25, -0.2) is 14.2 Å². The van der Waals surface area contributed by atoms with Crippen molar-refractivity contribution in [2.75, 3.05) is 52.9 Å². The van der Waals surface area contributed by atoms with E-state index in [0.717, 1.165) is 28.8 Å². The highest BCUT2D eigenvalue weighted by Gasteiger charge is 2.21. The average molecular weight is 493 g/mol. The summed E-state index contributed by atoms with van der Waals surface area (Å²) in [5.41, 5.74) is 4.25. The van der Waals surface area contributed by atoms with Gasteiger partial charge in [0.15, 0.2) is 0 Å². The molecule has 3 aromatic rings. The number of amides is 3. The number of urea groups is 1. The molecule has 0 radical (unpaired) electrons. The van der Waals surface area contributed by atoms with Crippen LogP contribution in [-0.2, 0) is 4.79 Å². The average Bonchev–Trinajstić information content (AvgIpc) is 3.33.